The molecule has 0 unspecified atom stereocenters. The molecule has 4 aromatic rings. The fourth-order valence-electron chi connectivity index (χ4n) is 5.09. The lowest BCUT2D eigenvalue weighted by molar-refractivity contribution is -0.137. The number of carbonyl (C=O) groups excluding carboxylic acids is 1. The van der Waals surface area contributed by atoms with E-state index in [9.17, 15) is 18.0 Å². The van der Waals surface area contributed by atoms with Crippen LogP contribution >= 0.6 is 11.3 Å². The van der Waals surface area contributed by atoms with Crippen molar-refractivity contribution in [2.75, 3.05) is 36.8 Å². The number of nitrogens with zero attached hydrogens (tertiary/aromatic N) is 4. The Labute approximate surface area is 246 Å². The van der Waals surface area contributed by atoms with E-state index in [2.05, 4.69) is 44.3 Å². The maximum atomic E-state index is 13.2. The molecule has 2 N–H and O–H groups in total. The molecule has 3 heterocycles. The number of alkyl halides is 3. The number of thiazole rings is 1. The van der Waals surface area contributed by atoms with Crippen LogP contribution in [0.4, 0.5) is 24.3 Å². The zero-order valence-corrected chi connectivity index (χ0v) is 24.5. The molecule has 0 radical (unpaired) electrons. The summed E-state index contributed by atoms with van der Waals surface area (Å²) in [6.07, 6.45) is -2.22. The van der Waals surface area contributed by atoms with Gasteiger partial charge in [0.1, 0.15) is 5.52 Å². The molecule has 5 rings (SSSR count). The number of rotatable bonds is 9. The van der Waals surface area contributed by atoms with Crippen LogP contribution in [0.2, 0.25) is 0 Å². The highest BCUT2D eigenvalue weighted by atomic mass is 32.1. The summed E-state index contributed by atoms with van der Waals surface area (Å²) < 4.78 is 46.5. The average molecular weight is 599 g/mol. The molecule has 1 aliphatic rings. The van der Waals surface area contributed by atoms with Crippen LogP contribution < -0.4 is 15.4 Å². The number of para-hydroxylation sites is 1. The van der Waals surface area contributed by atoms with Crippen molar-refractivity contribution in [2.24, 2.45) is 11.8 Å². The molecule has 0 aliphatic carbocycles. The van der Waals surface area contributed by atoms with Crippen LogP contribution in [-0.2, 0) is 11.0 Å². The SMILES string of the molecule is CC(=O)Nc1nc2c(Oc3cc(-c4ccc(C(F)(F)F)cc4)nc(NC[C@H]4CCCN(CC(C)C)C4)n3)cccc2s1. The lowest BCUT2D eigenvalue weighted by atomic mass is 9.97. The van der Waals surface area contributed by atoms with Gasteiger partial charge >= 0.3 is 6.18 Å². The molecule has 2 aromatic carbocycles. The smallest absolute Gasteiger partial charge is 0.416 e. The Hall–Kier alpha value is -3.77. The molecule has 1 fully saturated rings. The summed E-state index contributed by atoms with van der Waals surface area (Å²) in [4.78, 5) is 27.7. The lowest BCUT2D eigenvalue weighted by Gasteiger charge is -2.33. The summed E-state index contributed by atoms with van der Waals surface area (Å²) in [6.45, 7) is 9.64. The Morgan fingerprint density at radius 1 is 1.14 bits per heavy atom. The summed E-state index contributed by atoms with van der Waals surface area (Å²) in [5.74, 6) is 1.75. The molecule has 2 aromatic heterocycles. The summed E-state index contributed by atoms with van der Waals surface area (Å²) in [6, 6.07) is 11.9. The molecule has 42 heavy (non-hydrogen) atoms. The highest BCUT2D eigenvalue weighted by molar-refractivity contribution is 7.22. The van der Waals surface area contributed by atoms with Crippen LogP contribution in [0.5, 0.6) is 11.6 Å². The van der Waals surface area contributed by atoms with Crippen LogP contribution in [0.3, 0.4) is 0 Å². The van der Waals surface area contributed by atoms with E-state index in [0.29, 0.717) is 52.0 Å². The van der Waals surface area contributed by atoms with Crippen molar-refractivity contribution >= 4 is 38.5 Å². The van der Waals surface area contributed by atoms with E-state index >= 15 is 0 Å². The van der Waals surface area contributed by atoms with Crippen molar-refractivity contribution in [3.05, 3.63) is 54.1 Å². The number of aromatic nitrogens is 3. The zero-order chi connectivity index (χ0) is 29.9. The maximum Gasteiger partial charge on any atom is 0.416 e. The summed E-state index contributed by atoms with van der Waals surface area (Å²) in [7, 11) is 0. The molecule has 1 amide bonds. The number of benzene rings is 2. The average Bonchev–Trinajstić information content (AvgIpc) is 3.34. The van der Waals surface area contributed by atoms with Gasteiger partial charge < -0.3 is 20.3 Å². The highest BCUT2D eigenvalue weighted by Gasteiger charge is 2.30. The quantitative estimate of drug-likeness (QED) is 0.209. The van der Waals surface area contributed by atoms with Crippen molar-refractivity contribution < 1.29 is 22.7 Å². The molecule has 1 atom stereocenters. The number of halogens is 3. The van der Waals surface area contributed by atoms with Crippen LogP contribution in [0.1, 0.15) is 39.2 Å². The first-order valence-corrected chi connectivity index (χ1v) is 14.7. The highest BCUT2D eigenvalue weighted by Crippen LogP contribution is 2.36. The standard InChI is InChI=1S/C30H33F3N6O2S/c1-18(2)16-39-13-5-6-20(17-39)15-34-28-36-23(21-9-11-22(12-10-21)30(31,32)33)14-26(37-28)41-24-7-4-8-25-27(24)38-29(42-25)35-19(3)40/h4,7-12,14,18,20H,5-6,13,15-17H2,1-3H3,(H,34,36,37)(H,35,38,40)/t20-/m1/s1. The number of fused-ring (bicyclic) bond motifs is 1. The maximum absolute atomic E-state index is 13.2. The molecule has 12 heteroatoms. The number of nitrogens with one attached hydrogen (secondary N) is 2. The number of amides is 1. The van der Waals surface area contributed by atoms with Crippen molar-refractivity contribution in [1.82, 2.24) is 19.9 Å². The van der Waals surface area contributed by atoms with E-state index in [1.54, 1.807) is 12.1 Å². The van der Waals surface area contributed by atoms with Gasteiger partial charge in [0.2, 0.25) is 17.7 Å². The number of piperidine rings is 1. The van der Waals surface area contributed by atoms with Gasteiger partial charge in [-0.3, -0.25) is 4.79 Å². The Kier molecular flexibility index (Phi) is 8.93. The van der Waals surface area contributed by atoms with E-state index in [4.69, 9.17) is 4.74 Å². The predicted molar refractivity (Wildman–Crippen MR) is 159 cm³/mol. The Morgan fingerprint density at radius 3 is 2.64 bits per heavy atom. The minimum Gasteiger partial charge on any atom is -0.437 e. The number of hydrogen-bond acceptors (Lipinski definition) is 8. The molecule has 222 valence electrons. The van der Waals surface area contributed by atoms with Gasteiger partial charge in [-0.15, -0.1) is 0 Å². The second-order valence-electron chi connectivity index (χ2n) is 10.9. The van der Waals surface area contributed by atoms with E-state index in [-0.39, 0.29) is 11.8 Å². The van der Waals surface area contributed by atoms with Gasteiger partial charge in [-0.05, 0) is 55.5 Å². The van der Waals surface area contributed by atoms with E-state index in [1.807, 2.05) is 12.1 Å². The largest absolute Gasteiger partial charge is 0.437 e. The molecule has 0 spiro atoms. The van der Waals surface area contributed by atoms with Gasteiger partial charge in [0.25, 0.3) is 0 Å². The number of ether oxygens (including phenoxy) is 1. The minimum atomic E-state index is -4.43. The monoisotopic (exact) mass is 598 g/mol. The van der Waals surface area contributed by atoms with E-state index < -0.39 is 11.7 Å². The van der Waals surface area contributed by atoms with E-state index in [0.717, 1.165) is 49.3 Å². The molecule has 1 aliphatic heterocycles. The molecule has 0 saturated carbocycles. The van der Waals surface area contributed by atoms with Crippen molar-refractivity contribution in [1.29, 1.82) is 0 Å². The van der Waals surface area contributed by atoms with Gasteiger partial charge in [0.05, 0.1) is 16.0 Å². The first kappa shape index (κ1) is 29.7. The van der Waals surface area contributed by atoms with Crippen molar-refractivity contribution in [2.45, 2.75) is 39.8 Å². The summed E-state index contributed by atoms with van der Waals surface area (Å²) >= 11 is 1.32. The molecule has 1 saturated heterocycles. The molecule has 0 bridgehead atoms. The van der Waals surface area contributed by atoms with Crippen LogP contribution in [0.25, 0.3) is 21.5 Å². The normalized spacial score (nSPS) is 16.1. The third kappa shape index (κ3) is 7.54. The number of carbonyl (C=O) groups is 1. The topological polar surface area (TPSA) is 92.3 Å². The second kappa shape index (κ2) is 12.6. The summed E-state index contributed by atoms with van der Waals surface area (Å²) in [5, 5.41) is 6.50. The van der Waals surface area contributed by atoms with Gasteiger partial charge in [-0.2, -0.15) is 18.2 Å². The fraction of sp³-hybridized carbons (Fsp3) is 0.400. The van der Waals surface area contributed by atoms with Crippen molar-refractivity contribution in [3.63, 3.8) is 0 Å². The lowest BCUT2D eigenvalue weighted by Crippen LogP contribution is -2.40. The van der Waals surface area contributed by atoms with Crippen LogP contribution in [0.15, 0.2) is 48.5 Å². The third-order valence-electron chi connectivity index (χ3n) is 6.87. The van der Waals surface area contributed by atoms with Gasteiger partial charge in [-0.1, -0.05) is 43.4 Å². The summed E-state index contributed by atoms with van der Waals surface area (Å²) in [5.41, 5.74) is 0.746. The molecule has 8 nitrogen and oxygen atoms in total. The minimum absolute atomic E-state index is 0.217. The Balaban J connectivity index is 1.43. The number of anilines is 2. The number of hydrogen-bond donors (Lipinski definition) is 2. The first-order valence-electron chi connectivity index (χ1n) is 13.9. The number of likely N-dealkylation sites (tertiary alicyclic amines) is 1. The van der Waals surface area contributed by atoms with Gasteiger partial charge in [0, 0.05) is 38.2 Å². The predicted octanol–water partition coefficient (Wildman–Crippen LogP) is 7.30. The Bertz CT molecular complexity index is 1540. The Morgan fingerprint density at radius 2 is 1.93 bits per heavy atom. The third-order valence-corrected chi connectivity index (χ3v) is 7.80. The van der Waals surface area contributed by atoms with Gasteiger partial charge in [-0.25, -0.2) is 9.97 Å². The van der Waals surface area contributed by atoms with Gasteiger partial charge in [0.15, 0.2) is 10.9 Å². The first-order chi connectivity index (χ1) is 20.0. The zero-order valence-electron chi connectivity index (χ0n) is 23.7. The second-order valence-corrected chi connectivity index (χ2v) is 12.0. The van der Waals surface area contributed by atoms with Crippen LogP contribution in [0, 0.1) is 11.8 Å². The molecular weight excluding hydrogens is 565 g/mol. The van der Waals surface area contributed by atoms with Crippen molar-refractivity contribution in [3.8, 4) is 22.9 Å². The molecular formula is C30H33F3N6O2S. The van der Waals surface area contributed by atoms with Crippen LogP contribution in [-0.4, -0.2) is 51.9 Å². The fourth-order valence-corrected chi connectivity index (χ4v) is 6.02. The van der Waals surface area contributed by atoms with E-state index in [1.165, 1.54) is 30.4 Å².